The Labute approximate surface area is 86.3 Å². The van der Waals surface area contributed by atoms with Crippen LogP contribution in [0.5, 0.6) is 0 Å². The van der Waals surface area contributed by atoms with E-state index >= 15 is 0 Å². The molecule has 0 aromatic carbocycles. The van der Waals surface area contributed by atoms with E-state index in [0.717, 1.165) is 10.3 Å². The van der Waals surface area contributed by atoms with Crippen LogP contribution in [0.3, 0.4) is 0 Å². The van der Waals surface area contributed by atoms with Crippen LogP contribution in [0.2, 0.25) is 0 Å². The molecule has 0 fully saturated rings. The van der Waals surface area contributed by atoms with Gasteiger partial charge >= 0.3 is 0 Å². The lowest BCUT2D eigenvalue weighted by atomic mass is 10.3. The summed E-state index contributed by atoms with van der Waals surface area (Å²) in [5.74, 6) is 1.29. The van der Waals surface area contributed by atoms with E-state index in [1.807, 2.05) is 11.9 Å². The van der Waals surface area contributed by atoms with Crippen LogP contribution >= 0.6 is 15.9 Å². The Morgan fingerprint density at radius 2 is 2.08 bits per heavy atom. The van der Waals surface area contributed by atoms with E-state index in [1.54, 1.807) is 0 Å². The molecule has 1 rings (SSSR count). The SMILES string of the molecule is CC(C)N(C)c1ncnc(N)c1Br. The second-order valence-electron chi connectivity index (χ2n) is 3.10. The first-order chi connectivity index (χ1) is 6.04. The van der Waals surface area contributed by atoms with Gasteiger partial charge in [-0.3, -0.25) is 0 Å². The molecule has 0 aliphatic carbocycles. The van der Waals surface area contributed by atoms with E-state index in [9.17, 15) is 0 Å². The molecule has 0 bridgehead atoms. The van der Waals surface area contributed by atoms with E-state index in [1.165, 1.54) is 6.33 Å². The average molecular weight is 245 g/mol. The third-order valence-electron chi connectivity index (χ3n) is 1.91. The van der Waals surface area contributed by atoms with Crippen molar-refractivity contribution in [1.29, 1.82) is 0 Å². The highest BCUT2D eigenvalue weighted by molar-refractivity contribution is 9.10. The van der Waals surface area contributed by atoms with Crippen LogP contribution in [-0.4, -0.2) is 23.1 Å². The van der Waals surface area contributed by atoms with Gasteiger partial charge in [0.1, 0.15) is 22.4 Å². The largest absolute Gasteiger partial charge is 0.383 e. The second-order valence-corrected chi connectivity index (χ2v) is 3.89. The normalized spacial score (nSPS) is 10.5. The van der Waals surface area contributed by atoms with Gasteiger partial charge in [-0.15, -0.1) is 0 Å². The fourth-order valence-corrected chi connectivity index (χ4v) is 1.35. The summed E-state index contributed by atoms with van der Waals surface area (Å²) in [5, 5.41) is 0. The Balaban J connectivity index is 3.07. The Kier molecular flexibility index (Phi) is 3.08. The molecule has 0 spiro atoms. The topological polar surface area (TPSA) is 55.0 Å². The van der Waals surface area contributed by atoms with E-state index < -0.39 is 0 Å². The molecule has 0 unspecified atom stereocenters. The minimum Gasteiger partial charge on any atom is -0.383 e. The van der Waals surface area contributed by atoms with Gasteiger partial charge in [-0.05, 0) is 29.8 Å². The van der Waals surface area contributed by atoms with Gasteiger partial charge in [0.15, 0.2) is 0 Å². The standard InChI is InChI=1S/C8H13BrN4/c1-5(2)13(3)8-6(9)7(10)11-4-12-8/h4-5H,1-3H3,(H2,10,11,12). The molecule has 0 saturated heterocycles. The van der Waals surface area contributed by atoms with E-state index in [0.29, 0.717) is 11.9 Å². The van der Waals surface area contributed by atoms with Crippen LogP contribution in [0.25, 0.3) is 0 Å². The van der Waals surface area contributed by atoms with Crippen molar-refractivity contribution < 1.29 is 0 Å². The highest BCUT2D eigenvalue weighted by atomic mass is 79.9. The highest BCUT2D eigenvalue weighted by Crippen LogP contribution is 2.27. The molecule has 72 valence electrons. The van der Waals surface area contributed by atoms with Crippen LogP contribution in [0.4, 0.5) is 11.6 Å². The lowest BCUT2D eigenvalue weighted by molar-refractivity contribution is 0.740. The van der Waals surface area contributed by atoms with Gasteiger partial charge in [0, 0.05) is 13.1 Å². The predicted molar refractivity (Wildman–Crippen MR) is 57.7 cm³/mol. The van der Waals surface area contributed by atoms with Crippen molar-refractivity contribution in [2.24, 2.45) is 0 Å². The van der Waals surface area contributed by atoms with Gasteiger partial charge in [0.25, 0.3) is 0 Å². The summed E-state index contributed by atoms with van der Waals surface area (Å²) in [6.45, 7) is 4.18. The fourth-order valence-electron chi connectivity index (χ4n) is 0.864. The van der Waals surface area contributed by atoms with Gasteiger partial charge in [-0.1, -0.05) is 0 Å². The number of halogens is 1. The Bertz CT molecular complexity index is 300. The summed E-state index contributed by atoms with van der Waals surface area (Å²) < 4.78 is 0.756. The molecule has 0 aliphatic rings. The average Bonchev–Trinajstić information content (AvgIpc) is 2.08. The molecule has 13 heavy (non-hydrogen) atoms. The number of nitrogens with zero attached hydrogens (tertiary/aromatic N) is 3. The first kappa shape index (κ1) is 10.2. The minimum atomic E-state index is 0.380. The lowest BCUT2D eigenvalue weighted by Gasteiger charge is -2.23. The Morgan fingerprint density at radius 3 is 2.62 bits per heavy atom. The molecule has 0 radical (unpaired) electrons. The van der Waals surface area contributed by atoms with Crippen molar-refractivity contribution in [2.45, 2.75) is 19.9 Å². The first-order valence-corrected chi connectivity index (χ1v) is 4.82. The fraction of sp³-hybridized carbons (Fsp3) is 0.500. The smallest absolute Gasteiger partial charge is 0.148 e. The summed E-state index contributed by atoms with van der Waals surface area (Å²) in [6.07, 6.45) is 1.47. The van der Waals surface area contributed by atoms with Crippen molar-refractivity contribution in [1.82, 2.24) is 9.97 Å². The van der Waals surface area contributed by atoms with Gasteiger partial charge in [0.2, 0.25) is 0 Å². The molecule has 4 nitrogen and oxygen atoms in total. The predicted octanol–water partition coefficient (Wildman–Crippen LogP) is 1.67. The molecule has 0 atom stereocenters. The van der Waals surface area contributed by atoms with E-state index in [2.05, 4.69) is 39.7 Å². The van der Waals surface area contributed by atoms with E-state index in [4.69, 9.17) is 5.73 Å². The van der Waals surface area contributed by atoms with Gasteiger partial charge in [-0.25, -0.2) is 9.97 Å². The summed E-state index contributed by atoms with van der Waals surface area (Å²) in [6, 6.07) is 0.380. The maximum absolute atomic E-state index is 5.63. The number of nitrogens with two attached hydrogens (primary N) is 1. The zero-order valence-corrected chi connectivity index (χ0v) is 9.54. The van der Waals surface area contributed by atoms with Crippen molar-refractivity contribution in [2.75, 3.05) is 17.7 Å². The molecule has 1 aromatic heterocycles. The van der Waals surface area contributed by atoms with Crippen molar-refractivity contribution >= 4 is 27.6 Å². The molecule has 0 amide bonds. The number of aromatic nitrogens is 2. The summed E-state index contributed by atoms with van der Waals surface area (Å²) >= 11 is 3.36. The number of hydrogen-bond acceptors (Lipinski definition) is 4. The quantitative estimate of drug-likeness (QED) is 0.860. The van der Waals surface area contributed by atoms with E-state index in [-0.39, 0.29) is 0 Å². The highest BCUT2D eigenvalue weighted by Gasteiger charge is 2.12. The van der Waals surface area contributed by atoms with Gasteiger partial charge in [-0.2, -0.15) is 0 Å². The summed E-state index contributed by atoms with van der Waals surface area (Å²) in [7, 11) is 1.97. The molecule has 1 heterocycles. The third-order valence-corrected chi connectivity index (χ3v) is 2.67. The van der Waals surface area contributed by atoms with Gasteiger partial charge < -0.3 is 10.6 Å². The van der Waals surface area contributed by atoms with Crippen LogP contribution in [0.15, 0.2) is 10.8 Å². The molecule has 2 N–H and O–H groups in total. The van der Waals surface area contributed by atoms with Crippen molar-refractivity contribution in [3.63, 3.8) is 0 Å². The monoisotopic (exact) mass is 244 g/mol. The number of rotatable bonds is 2. The maximum Gasteiger partial charge on any atom is 0.148 e. The molecule has 1 aromatic rings. The number of hydrogen-bond donors (Lipinski definition) is 1. The number of anilines is 2. The maximum atomic E-state index is 5.63. The van der Waals surface area contributed by atoms with Gasteiger partial charge in [0.05, 0.1) is 0 Å². The third kappa shape index (κ3) is 2.09. The summed E-state index contributed by atoms with van der Waals surface area (Å²) in [4.78, 5) is 10.1. The minimum absolute atomic E-state index is 0.380. The van der Waals surface area contributed by atoms with Crippen LogP contribution < -0.4 is 10.6 Å². The van der Waals surface area contributed by atoms with Crippen molar-refractivity contribution in [3.8, 4) is 0 Å². The van der Waals surface area contributed by atoms with Crippen molar-refractivity contribution in [3.05, 3.63) is 10.8 Å². The molecule has 0 saturated carbocycles. The lowest BCUT2D eigenvalue weighted by Crippen LogP contribution is -2.27. The molecule has 0 aliphatic heterocycles. The number of nitrogen functional groups attached to an aromatic ring is 1. The molecule has 5 heteroatoms. The van der Waals surface area contributed by atoms with Crippen LogP contribution in [0.1, 0.15) is 13.8 Å². The summed E-state index contributed by atoms with van der Waals surface area (Å²) in [5.41, 5.74) is 5.63. The first-order valence-electron chi connectivity index (χ1n) is 4.02. The van der Waals surface area contributed by atoms with Crippen LogP contribution in [-0.2, 0) is 0 Å². The Hall–Kier alpha value is -0.840. The zero-order valence-electron chi connectivity index (χ0n) is 7.95. The second kappa shape index (κ2) is 3.91. The Morgan fingerprint density at radius 1 is 1.46 bits per heavy atom. The molecular formula is C8H13BrN4. The molecular weight excluding hydrogens is 232 g/mol. The van der Waals surface area contributed by atoms with Crippen LogP contribution in [0, 0.1) is 0 Å². The zero-order chi connectivity index (χ0) is 10.0.